The highest BCUT2D eigenvalue weighted by atomic mass is 79.9. The number of benzene rings is 1. The molecule has 0 N–H and O–H groups in total. The molecule has 0 unspecified atom stereocenters. The summed E-state index contributed by atoms with van der Waals surface area (Å²) < 4.78 is 0.973. The zero-order valence-corrected chi connectivity index (χ0v) is 13.4. The lowest BCUT2D eigenvalue weighted by Gasteiger charge is -2.34. The molecule has 1 aromatic rings. The van der Waals surface area contributed by atoms with E-state index in [-0.39, 0.29) is 5.91 Å². The molecule has 1 amide bonds. The van der Waals surface area contributed by atoms with E-state index >= 15 is 0 Å². The Kier molecular flexibility index (Phi) is 5.03. The van der Waals surface area contributed by atoms with Gasteiger partial charge in [0.2, 0.25) is 0 Å². The molecule has 0 heterocycles. The lowest BCUT2D eigenvalue weighted by molar-refractivity contribution is 0.0647. The first kappa shape index (κ1) is 14.6. The molecule has 1 aliphatic carbocycles. The van der Waals surface area contributed by atoms with E-state index in [1.165, 1.54) is 19.3 Å². The molecule has 0 spiro atoms. The first-order valence-corrected chi connectivity index (χ1v) is 8.00. The van der Waals surface area contributed by atoms with Gasteiger partial charge in [0.05, 0.1) is 0 Å². The minimum Gasteiger partial charge on any atom is -0.336 e. The summed E-state index contributed by atoms with van der Waals surface area (Å²) in [5.74, 6) is 0.188. The van der Waals surface area contributed by atoms with Gasteiger partial charge in [-0.3, -0.25) is 4.79 Å². The van der Waals surface area contributed by atoms with Gasteiger partial charge in [-0.2, -0.15) is 0 Å². The fraction of sp³-hybridized carbons (Fsp3) is 0.562. The van der Waals surface area contributed by atoms with Crippen LogP contribution in [-0.4, -0.2) is 23.4 Å². The van der Waals surface area contributed by atoms with E-state index < -0.39 is 0 Å². The molecule has 0 aromatic heterocycles. The highest BCUT2D eigenvalue weighted by Gasteiger charge is 2.25. The number of aryl methyl sites for hydroxylation is 1. The molecule has 19 heavy (non-hydrogen) atoms. The quantitative estimate of drug-likeness (QED) is 0.798. The van der Waals surface area contributed by atoms with Crippen LogP contribution in [-0.2, 0) is 0 Å². The second kappa shape index (κ2) is 6.56. The van der Waals surface area contributed by atoms with Gasteiger partial charge < -0.3 is 4.90 Å². The van der Waals surface area contributed by atoms with E-state index in [0.29, 0.717) is 6.04 Å². The van der Waals surface area contributed by atoms with Crippen LogP contribution in [0.2, 0.25) is 0 Å². The van der Waals surface area contributed by atoms with Crippen molar-refractivity contribution >= 4 is 21.8 Å². The summed E-state index contributed by atoms with van der Waals surface area (Å²) >= 11 is 3.46. The van der Waals surface area contributed by atoms with Crippen molar-refractivity contribution in [1.82, 2.24) is 4.90 Å². The Balaban J connectivity index is 2.22. The second-order valence-corrected chi connectivity index (χ2v) is 6.26. The van der Waals surface area contributed by atoms with Crippen LogP contribution in [0.4, 0.5) is 0 Å². The van der Waals surface area contributed by atoms with Crippen molar-refractivity contribution in [2.45, 2.75) is 52.0 Å². The van der Waals surface area contributed by atoms with E-state index in [1.807, 2.05) is 25.1 Å². The van der Waals surface area contributed by atoms with Gasteiger partial charge in [0.1, 0.15) is 0 Å². The standard InChI is InChI=1S/C16H22BrNO/c1-3-18(14-7-5-4-6-8-14)16(19)15-11-13(17)10-9-12(15)2/h9-11,14H,3-8H2,1-2H3. The maximum atomic E-state index is 12.8. The van der Waals surface area contributed by atoms with Gasteiger partial charge in [0.15, 0.2) is 0 Å². The Hall–Kier alpha value is -0.830. The predicted molar refractivity (Wildman–Crippen MR) is 82.5 cm³/mol. The third-order valence-electron chi connectivity index (χ3n) is 4.05. The van der Waals surface area contributed by atoms with E-state index in [0.717, 1.165) is 35.0 Å². The number of amides is 1. The second-order valence-electron chi connectivity index (χ2n) is 5.34. The number of rotatable bonds is 3. The molecule has 0 radical (unpaired) electrons. The first-order chi connectivity index (χ1) is 9.13. The molecule has 1 aromatic carbocycles. The normalized spacial score (nSPS) is 16.4. The smallest absolute Gasteiger partial charge is 0.254 e. The molecule has 0 aliphatic heterocycles. The van der Waals surface area contributed by atoms with Crippen molar-refractivity contribution in [1.29, 1.82) is 0 Å². The molecule has 0 bridgehead atoms. The Morgan fingerprint density at radius 1 is 1.32 bits per heavy atom. The van der Waals surface area contributed by atoms with E-state index in [1.54, 1.807) is 0 Å². The van der Waals surface area contributed by atoms with Gasteiger partial charge in [-0.05, 0) is 44.4 Å². The highest BCUT2D eigenvalue weighted by molar-refractivity contribution is 9.10. The summed E-state index contributed by atoms with van der Waals surface area (Å²) in [4.78, 5) is 14.8. The van der Waals surface area contributed by atoms with E-state index in [4.69, 9.17) is 0 Å². The van der Waals surface area contributed by atoms with Crippen LogP contribution >= 0.6 is 15.9 Å². The summed E-state index contributed by atoms with van der Waals surface area (Å²) in [7, 11) is 0. The maximum Gasteiger partial charge on any atom is 0.254 e. The average Bonchev–Trinajstić information content (AvgIpc) is 2.43. The van der Waals surface area contributed by atoms with Crippen LogP contribution in [0.3, 0.4) is 0 Å². The van der Waals surface area contributed by atoms with Crippen molar-refractivity contribution < 1.29 is 4.79 Å². The molecule has 2 rings (SSSR count). The van der Waals surface area contributed by atoms with Gasteiger partial charge in [0.25, 0.3) is 5.91 Å². The zero-order chi connectivity index (χ0) is 13.8. The topological polar surface area (TPSA) is 20.3 Å². The SMILES string of the molecule is CCN(C(=O)c1cc(Br)ccc1C)C1CCCCC1. The lowest BCUT2D eigenvalue weighted by atomic mass is 9.93. The van der Waals surface area contributed by atoms with Gasteiger partial charge >= 0.3 is 0 Å². The Labute approximate surface area is 124 Å². The largest absolute Gasteiger partial charge is 0.336 e. The van der Waals surface area contributed by atoms with Crippen LogP contribution in [0.5, 0.6) is 0 Å². The summed E-state index contributed by atoms with van der Waals surface area (Å²) in [6, 6.07) is 6.38. The van der Waals surface area contributed by atoms with Crippen LogP contribution in [0.15, 0.2) is 22.7 Å². The van der Waals surface area contributed by atoms with E-state index in [2.05, 4.69) is 27.8 Å². The fourth-order valence-corrected chi connectivity index (χ4v) is 3.30. The van der Waals surface area contributed by atoms with Crippen LogP contribution in [0.1, 0.15) is 54.9 Å². The molecule has 1 saturated carbocycles. The fourth-order valence-electron chi connectivity index (χ4n) is 2.94. The third kappa shape index (κ3) is 3.38. The van der Waals surface area contributed by atoms with Crippen LogP contribution in [0.25, 0.3) is 0 Å². The summed E-state index contributed by atoms with van der Waals surface area (Å²) in [6.45, 7) is 4.89. The van der Waals surface area contributed by atoms with Crippen LogP contribution < -0.4 is 0 Å². The minimum atomic E-state index is 0.188. The molecule has 104 valence electrons. The Morgan fingerprint density at radius 2 is 2.00 bits per heavy atom. The highest BCUT2D eigenvalue weighted by Crippen LogP contribution is 2.25. The van der Waals surface area contributed by atoms with Crippen LogP contribution in [0, 0.1) is 6.92 Å². The molecule has 3 heteroatoms. The summed E-state index contributed by atoms with van der Waals surface area (Å²) in [5.41, 5.74) is 1.89. The van der Waals surface area contributed by atoms with Gasteiger partial charge in [0, 0.05) is 22.6 Å². The first-order valence-electron chi connectivity index (χ1n) is 7.20. The van der Waals surface area contributed by atoms with Crippen molar-refractivity contribution in [3.8, 4) is 0 Å². The van der Waals surface area contributed by atoms with Crippen molar-refractivity contribution in [3.05, 3.63) is 33.8 Å². The number of halogens is 1. The lowest BCUT2D eigenvalue weighted by Crippen LogP contribution is -2.41. The number of nitrogens with zero attached hydrogens (tertiary/aromatic N) is 1. The van der Waals surface area contributed by atoms with Gasteiger partial charge in [-0.15, -0.1) is 0 Å². The number of carbonyl (C=O) groups is 1. The number of hydrogen-bond acceptors (Lipinski definition) is 1. The van der Waals surface area contributed by atoms with Crippen molar-refractivity contribution in [3.63, 3.8) is 0 Å². The summed E-state index contributed by atoms with van der Waals surface area (Å²) in [5, 5.41) is 0. The third-order valence-corrected chi connectivity index (χ3v) is 4.54. The molecule has 0 atom stereocenters. The van der Waals surface area contributed by atoms with Crippen molar-refractivity contribution in [2.75, 3.05) is 6.54 Å². The van der Waals surface area contributed by atoms with Gasteiger partial charge in [-0.25, -0.2) is 0 Å². The molecular formula is C16H22BrNO. The van der Waals surface area contributed by atoms with E-state index in [9.17, 15) is 4.79 Å². The maximum absolute atomic E-state index is 12.8. The molecule has 0 saturated heterocycles. The monoisotopic (exact) mass is 323 g/mol. The zero-order valence-electron chi connectivity index (χ0n) is 11.8. The molecule has 2 nitrogen and oxygen atoms in total. The Morgan fingerprint density at radius 3 is 2.63 bits per heavy atom. The molecule has 1 aliphatic rings. The average molecular weight is 324 g/mol. The molecular weight excluding hydrogens is 302 g/mol. The molecule has 1 fully saturated rings. The van der Waals surface area contributed by atoms with Crippen molar-refractivity contribution in [2.24, 2.45) is 0 Å². The predicted octanol–water partition coefficient (Wildman–Crippen LogP) is 4.55. The number of hydrogen-bond donors (Lipinski definition) is 0. The Bertz CT molecular complexity index is 452. The number of carbonyl (C=O) groups excluding carboxylic acids is 1. The minimum absolute atomic E-state index is 0.188. The summed E-state index contributed by atoms with van der Waals surface area (Å²) in [6.07, 6.45) is 6.15. The van der Waals surface area contributed by atoms with Gasteiger partial charge in [-0.1, -0.05) is 41.3 Å².